The third-order valence-electron chi connectivity index (χ3n) is 2.73. The summed E-state index contributed by atoms with van der Waals surface area (Å²) in [6, 6.07) is 1.31. The average molecular weight is 225 g/mol. The van der Waals surface area contributed by atoms with Gasteiger partial charge in [-0.15, -0.1) is 0 Å². The third kappa shape index (κ3) is 2.98. The molecule has 1 N–H and O–H groups in total. The van der Waals surface area contributed by atoms with Crippen LogP contribution in [0.1, 0.15) is 31.5 Å². The Hall–Kier alpha value is -0.480. The minimum atomic E-state index is 0.572. The van der Waals surface area contributed by atoms with Crippen LogP contribution in [0.3, 0.4) is 0 Å². The van der Waals surface area contributed by atoms with Crippen molar-refractivity contribution in [2.75, 3.05) is 12.0 Å². The van der Waals surface area contributed by atoms with Crippen LogP contribution in [0.2, 0.25) is 0 Å². The number of imidazole rings is 1. The largest absolute Gasteiger partial charge is 0.330 e. The van der Waals surface area contributed by atoms with Crippen molar-refractivity contribution >= 4 is 11.8 Å². The van der Waals surface area contributed by atoms with E-state index >= 15 is 0 Å². The molecule has 0 spiro atoms. The van der Waals surface area contributed by atoms with E-state index in [1.807, 2.05) is 24.3 Å². The van der Waals surface area contributed by atoms with E-state index < -0.39 is 0 Å². The lowest BCUT2D eigenvalue weighted by Gasteiger charge is -2.13. The van der Waals surface area contributed by atoms with Crippen LogP contribution < -0.4 is 5.32 Å². The Balaban J connectivity index is 1.84. The summed E-state index contributed by atoms with van der Waals surface area (Å²) in [5, 5.41) is 3.53. The van der Waals surface area contributed by atoms with Crippen LogP contribution in [-0.2, 0) is 6.54 Å². The topological polar surface area (TPSA) is 29.9 Å². The summed E-state index contributed by atoms with van der Waals surface area (Å²) in [5.74, 6) is 1.16. The highest BCUT2D eigenvalue weighted by Crippen LogP contribution is 2.35. The molecule has 0 amide bonds. The van der Waals surface area contributed by atoms with E-state index in [2.05, 4.69) is 28.0 Å². The molecule has 0 radical (unpaired) electrons. The van der Waals surface area contributed by atoms with Crippen molar-refractivity contribution in [3.63, 3.8) is 0 Å². The second kappa shape index (κ2) is 5.03. The summed E-state index contributed by atoms with van der Waals surface area (Å²) in [4.78, 5) is 4.23. The molecule has 84 valence electrons. The Morgan fingerprint density at radius 1 is 1.67 bits per heavy atom. The SMILES string of the molecule is CSCC(C)NCc1cncn1C1CC1. The van der Waals surface area contributed by atoms with E-state index in [0.29, 0.717) is 6.04 Å². The molecule has 0 bridgehead atoms. The van der Waals surface area contributed by atoms with Crippen LogP contribution in [0.15, 0.2) is 12.5 Å². The second-order valence-corrected chi connectivity index (χ2v) is 5.17. The average Bonchev–Trinajstić information content (AvgIpc) is 2.96. The molecule has 0 aromatic carbocycles. The maximum Gasteiger partial charge on any atom is 0.0951 e. The number of rotatable bonds is 6. The van der Waals surface area contributed by atoms with Crippen LogP contribution in [0.4, 0.5) is 0 Å². The van der Waals surface area contributed by atoms with Gasteiger partial charge in [0.05, 0.1) is 12.0 Å². The fourth-order valence-electron chi connectivity index (χ4n) is 1.74. The van der Waals surface area contributed by atoms with Crippen molar-refractivity contribution in [1.82, 2.24) is 14.9 Å². The molecule has 1 unspecified atom stereocenters. The quantitative estimate of drug-likeness (QED) is 0.803. The molecule has 1 fully saturated rings. The molecule has 1 saturated carbocycles. The Morgan fingerprint density at radius 3 is 3.13 bits per heavy atom. The van der Waals surface area contributed by atoms with Gasteiger partial charge in [-0.05, 0) is 26.0 Å². The standard InChI is InChI=1S/C11H19N3S/c1-9(7-15-2)13-6-11-5-12-8-14(11)10-3-4-10/h5,8-10,13H,3-4,6-7H2,1-2H3. The summed E-state index contributed by atoms with van der Waals surface area (Å²) >= 11 is 1.88. The van der Waals surface area contributed by atoms with Crippen molar-refractivity contribution in [3.8, 4) is 0 Å². The molecule has 0 aliphatic heterocycles. The highest BCUT2D eigenvalue weighted by molar-refractivity contribution is 7.98. The van der Waals surface area contributed by atoms with E-state index in [9.17, 15) is 0 Å². The molecule has 2 rings (SSSR count). The van der Waals surface area contributed by atoms with Crippen LogP contribution in [0.5, 0.6) is 0 Å². The minimum absolute atomic E-state index is 0.572. The molecule has 4 heteroatoms. The summed E-state index contributed by atoms with van der Waals surface area (Å²) in [6.45, 7) is 3.17. The van der Waals surface area contributed by atoms with Gasteiger partial charge in [0.2, 0.25) is 0 Å². The second-order valence-electron chi connectivity index (χ2n) is 4.26. The summed E-state index contributed by atoms with van der Waals surface area (Å²) < 4.78 is 2.32. The molecular formula is C11H19N3S. The van der Waals surface area contributed by atoms with Gasteiger partial charge in [-0.1, -0.05) is 0 Å². The maximum absolute atomic E-state index is 4.23. The maximum atomic E-state index is 4.23. The number of hydrogen-bond donors (Lipinski definition) is 1. The number of thioether (sulfide) groups is 1. The van der Waals surface area contributed by atoms with E-state index in [4.69, 9.17) is 0 Å². The summed E-state index contributed by atoms with van der Waals surface area (Å²) in [7, 11) is 0. The highest BCUT2D eigenvalue weighted by Gasteiger charge is 2.24. The van der Waals surface area contributed by atoms with Gasteiger partial charge < -0.3 is 9.88 Å². The molecular weight excluding hydrogens is 206 g/mol. The first-order valence-corrected chi connectivity index (χ1v) is 6.93. The van der Waals surface area contributed by atoms with Gasteiger partial charge in [0.15, 0.2) is 0 Å². The van der Waals surface area contributed by atoms with Crippen molar-refractivity contribution in [1.29, 1.82) is 0 Å². The number of nitrogens with zero attached hydrogens (tertiary/aromatic N) is 2. The highest BCUT2D eigenvalue weighted by atomic mass is 32.2. The Bertz CT molecular complexity index is 307. The smallest absolute Gasteiger partial charge is 0.0951 e. The van der Waals surface area contributed by atoms with Crippen LogP contribution >= 0.6 is 11.8 Å². The van der Waals surface area contributed by atoms with Gasteiger partial charge in [0, 0.05) is 30.6 Å². The molecule has 1 aromatic heterocycles. The van der Waals surface area contributed by atoms with Crippen LogP contribution in [-0.4, -0.2) is 27.6 Å². The van der Waals surface area contributed by atoms with Crippen molar-refractivity contribution < 1.29 is 0 Å². The molecule has 0 saturated heterocycles. The third-order valence-corrected chi connectivity index (χ3v) is 3.57. The summed E-state index contributed by atoms with van der Waals surface area (Å²) in [6.07, 6.45) is 8.74. The lowest BCUT2D eigenvalue weighted by molar-refractivity contribution is 0.563. The predicted molar refractivity (Wildman–Crippen MR) is 65.2 cm³/mol. The normalized spacial score (nSPS) is 18.0. The Labute approximate surface area is 95.7 Å². The van der Waals surface area contributed by atoms with Crippen LogP contribution in [0, 0.1) is 0 Å². The number of aromatic nitrogens is 2. The number of hydrogen-bond acceptors (Lipinski definition) is 3. The van der Waals surface area contributed by atoms with Gasteiger partial charge >= 0.3 is 0 Å². The zero-order valence-electron chi connectivity index (χ0n) is 9.44. The molecule has 1 aromatic rings. The van der Waals surface area contributed by atoms with Crippen molar-refractivity contribution in [2.24, 2.45) is 0 Å². The monoisotopic (exact) mass is 225 g/mol. The molecule has 1 atom stereocenters. The van der Waals surface area contributed by atoms with Gasteiger partial charge in [-0.25, -0.2) is 4.98 Å². The Morgan fingerprint density at radius 2 is 2.47 bits per heavy atom. The van der Waals surface area contributed by atoms with E-state index in [1.54, 1.807) is 0 Å². The summed E-state index contributed by atoms with van der Waals surface area (Å²) in [5.41, 5.74) is 1.32. The number of nitrogens with one attached hydrogen (secondary N) is 1. The van der Waals surface area contributed by atoms with E-state index in [0.717, 1.165) is 18.3 Å². The lowest BCUT2D eigenvalue weighted by Crippen LogP contribution is -2.28. The lowest BCUT2D eigenvalue weighted by atomic mass is 10.3. The fraction of sp³-hybridized carbons (Fsp3) is 0.727. The fourth-order valence-corrected chi connectivity index (χ4v) is 2.36. The first-order valence-electron chi connectivity index (χ1n) is 5.54. The van der Waals surface area contributed by atoms with Gasteiger partial charge in [0.1, 0.15) is 0 Å². The van der Waals surface area contributed by atoms with Crippen molar-refractivity contribution in [2.45, 2.75) is 38.4 Å². The van der Waals surface area contributed by atoms with Gasteiger partial charge in [-0.3, -0.25) is 0 Å². The molecule has 1 aliphatic carbocycles. The molecule has 1 heterocycles. The molecule has 1 aliphatic rings. The first-order chi connectivity index (χ1) is 7.31. The molecule has 3 nitrogen and oxygen atoms in total. The molecule has 15 heavy (non-hydrogen) atoms. The minimum Gasteiger partial charge on any atom is -0.330 e. The van der Waals surface area contributed by atoms with Gasteiger partial charge in [-0.2, -0.15) is 11.8 Å². The van der Waals surface area contributed by atoms with Crippen LogP contribution in [0.25, 0.3) is 0 Å². The Kier molecular flexibility index (Phi) is 3.70. The zero-order valence-corrected chi connectivity index (χ0v) is 10.3. The van der Waals surface area contributed by atoms with Gasteiger partial charge in [0.25, 0.3) is 0 Å². The van der Waals surface area contributed by atoms with E-state index in [1.165, 1.54) is 18.5 Å². The zero-order chi connectivity index (χ0) is 10.7. The van der Waals surface area contributed by atoms with E-state index in [-0.39, 0.29) is 0 Å². The van der Waals surface area contributed by atoms with Crippen molar-refractivity contribution in [3.05, 3.63) is 18.2 Å². The predicted octanol–water partition coefficient (Wildman–Crippen LogP) is 2.06. The first kappa shape index (κ1) is 11.0.